The molecule has 46 heavy (non-hydrogen) atoms. The van der Waals surface area contributed by atoms with Gasteiger partial charge < -0.3 is 23.8 Å². The average Bonchev–Trinajstić information content (AvgIpc) is 3.89. The van der Waals surface area contributed by atoms with Gasteiger partial charge in [0.1, 0.15) is 20.6 Å². The lowest BCUT2D eigenvalue weighted by Crippen LogP contribution is -2.03. The maximum atomic E-state index is 11.2. The Kier molecular flexibility index (Phi) is 7.52. The first-order valence-corrected chi connectivity index (χ1v) is 14.9. The van der Waals surface area contributed by atoms with E-state index in [-0.39, 0.29) is 27.8 Å². The molecule has 0 radical (unpaired) electrons. The van der Waals surface area contributed by atoms with Crippen LogP contribution in [0.15, 0.2) is 63.9 Å². The number of thiophene rings is 2. The second-order valence-corrected chi connectivity index (χ2v) is 11.5. The Morgan fingerprint density at radius 2 is 1.39 bits per heavy atom. The Bertz CT molecular complexity index is 2240. The lowest BCUT2D eigenvalue weighted by molar-refractivity contribution is -0.380. The molecule has 8 rings (SSSR count). The molecule has 7 aromatic rings. The van der Waals surface area contributed by atoms with E-state index in [1.807, 2.05) is 18.2 Å². The van der Waals surface area contributed by atoms with Crippen molar-refractivity contribution in [3.05, 3.63) is 85.8 Å². The van der Waals surface area contributed by atoms with Crippen LogP contribution in [-0.2, 0) is 6.54 Å². The number of fused-ring (bicyclic) bond motifs is 3. The maximum Gasteiger partial charge on any atom is 0.326 e. The van der Waals surface area contributed by atoms with E-state index in [1.54, 1.807) is 12.1 Å². The van der Waals surface area contributed by atoms with Gasteiger partial charge in [0.15, 0.2) is 11.5 Å². The number of rotatable bonds is 7. The van der Waals surface area contributed by atoms with Crippen molar-refractivity contribution in [2.75, 3.05) is 12.1 Å². The summed E-state index contributed by atoms with van der Waals surface area (Å²) < 4.78 is 20.7. The molecule has 6 aromatic heterocycles. The summed E-state index contributed by atoms with van der Waals surface area (Å²) in [5, 5.41) is 33.4. The van der Waals surface area contributed by atoms with Crippen molar-refractivity contribution in [1.82, 2.24) is 30.2 Å². The predicted octanol–water partition coefficient (Wildman–Crippen LogP) is 6.50. The lowest BCUT2D eigenvalue weighted by atomic mass is 10.2. The number of hydrogen-bond acceptors (Lipinski definition) is 17. The minimum atomic E-state index is -0.489. The Balaban J connectivity index is 0.000000162. The van der Waals surface area contributed by atoms with Gasteiger partial charge in [-0.2, -0.15) is 0 Å². The highest BCUT2D eigenvalue weighted by molar-refractivity contribution is 7.22. The first-order chi connectivity index (χ1) is 22.3. The number of nitrogens with zero attached hydrogens (tertiary/aromatic N) is 8. The molecule has 17 nitrogen and oxygen atoms in total. The highest BCUT2D eigenvalue weighted by Gasteiger charge is 2.21. The molecule has 0 bridgehead atoms. The van der Waals surface area contributed by atoms with E-state index in [4.69, 9.17) is 30.1 Å². The van der Waals surface area contributed by atoms with Gasteiger partial charge in [-0.25, -0.2) is 19.9 Å². The average molecular weight is 680 g/mol. The molecule has 1 aliphatic heterocycles. The third-order valence-corrected chi connectivity index (χ3v) is 8.54. The molecule has 0 fully saturated rings. The molecule has 0 atom stereocenters. The number of benzene rings is 1. The topological polar surface area (TPSA) is 220 Å². The zero-order valence-electron chi connectivity index (χ0n) is 22.6. The van der Waals surface area contributed by atoms with Gasteiger partial charge in [-0.3, -0.25) is 20.2 Å². The molecule has 0 saturated heterocycles. The SMILES string of the molecule is O=[N+]([O-])c1cc2c(Cl)nc(-c3ccno3)nc2s1.O=[N+]([O-])c1cc2c(NCc3ccc4c(c3)OCO4)nc(-c3ccno3)nc2s1. The summed E-state index contributed by atoms with van der Waals surface area (Å²) in [6.07, 6.45) is 2.94. The van der Waals surface area contributed by atoms with Crippen LogP contribution in [0.4, 0.5) is 15.8 Å². The fraction of sp³-hybridized carbons (Fsp3) is 0.0769. The van der Waals surface area contributed by atoms with E-state index in [0.717, 1.165) is 28.2 Å². The summed E-state index contributed by atoms with van der Waals surface area (Å²) in [5.74, 6) is 3.14. The molecule has 1 N–H and O–H groups in total. The Morgan fingerprint density at radius 3 is 2.02 bits per heavy atom. The fourth-order valence-corrected chi connectivity index (χ4v) is 6.19. The van der Waals surface area contributed by atoms with E-state index in [0.29, 0.717) is 61.6 Å². The normalized spacial score (nSPS) is 11.8. The highest BCUT2D eigenvalue weighted by atomic mass is 35.5. The third-order valence-electron chi connectivity index (χ3n) is 6.29. The number of ether oxygens (including phenoxy) is 2. The van der Waals surface area contributed by atoms with E-state index in [9.17, 15) is 20.2 Å². The number of halogens is 1. The summed E-state index contributed by atoms with van der Waals surface area (Å²) in [6, 6.07) is 11.7. The fourth-order valence-electron chi connectivity index (χ4n) is 4.22. The van der Waals surface area contributed by atoms with Crippen LogP contribution in [0.5, 0.6) is 11.5 Å². The van der Waals surface area contributed by atoms with Crippen molar-refractivity contribution in [2.45, 2.75) is 6.54 Å². The molecule has 230 valence electrons. The lowest BCUT2D eigenvalue weighted by Gasteiger charge is -2.08. The number of nitrogens with one attached hydrogen (secondary N) is 1. The standard InChI is InChI=1S/C17H11N5O5S.C9H3ClN4O3S/c23-22(24)14-6-10-15(18-7-9-1-2-11-13(5-9)26-8-25-11)20-16(21-17(10)28-14)12-3-4-19-27-12;10-7-4-3-6(14(15)16)18-9(4)13-8(12-7)5-1-2-11-17-5/h1-6H,7-8H2,(H,18,20,21);1-3H. The summed E-state index contributed by atoms with van der Waals surface area (Å²) >= 11 is 7.88. The van der Waals surface area contributed by atoms with Crippen molar-refractivity contribution in [2.24, 2.45) is 0 Å². The van der Waals surface area contributed by atoms with Crippen molar-refractivity contribution in [1.29, 1.82) is 0 Å². The van der Waals surface area contributed by atoms with E-state index < -0.39 is 9.85 Å². The van der Waals surface area contributed by atoms with Gasteiger partial charge in [0.05, 0.1) is 33.0 Å². The van der Waals surface area contributed by atoms with Crippen LogP contribution in [-0.4, -0.2) is 46.9 Å². The molecule has 20 heteroatoms. The monoisotopic (exact) mass is 679 g/mol. The van der Waals surface area contributed by atoms with Crippen LogP contribution >= 0.6 is 34.3 Å². The summed E-state index contributed by atoms with van der Waals surface area (Å²) in [4.78, 5) is 38.9. The number of nitro groups is 2. The quantitative estimate of drug-likeness (QED) is 0.108. The molecular weight excluding hydrogens is 666 g/mol. The second kappa shape index (κ2) is 12.0. The Hall–Kier alpha value is -5.79. The van der Waals surface area contributed by atoms with E-state index >= 15 is 0 Å². The summed E-state index contributed by atoms with van der Waals surface area (Å²) in [6.45, 7) is 0.639. The van der Waals surface area contributed by atoms with E-state index in [2.05, 4.69) is 35.6 Å². The van der Waals surface area contributed by atoms with Gasteiger partial charge in [-0.1, -0.05) is 28.0 Å². The van der Waals surface area contributed by atoms with Crippen LogP contribution < -0.4 is 14.8 Å². The number of anilines is 1. The van der Waals surface area contributed by atoms with Crippen molar-refractivity contribution < 1.29 is 28.4 Å². The molecule has 1 aromatic carbocycles. The molecule has 0 unspecified atom stereocenters. The van der Waals surface area contributed by atoms with Gasteiger partial charge in [0.25, 0.3) is 0 Å². The smallest absolute Gasteiger partial charge is 0.326 e. The molecule has 0 spiro atoms. The van der Waals surface area contributed by atoms with Gasteiger partial charge in [-0.15, -0.1) is 0 Å². The summed E-state index contributed by atoms with van der Waals surface area (Å²) in [5.41, 5.74) is 0.946. The Morgan fingerprint density at radius 1 is 0.783 bits per heavy atom. The van der Waals surface area contributed by atoms with Crippen LogP contribution in [0.3, 0.4) is 0 Å². The summed E-state index contributed by atoms with van der Waals surface area (Å²) in [7, 11) is 0. The van der Waals surface area contributed by atoms with Crippen LogP contribution in [0.2, 0.25) is 5.15 Å². The van der Waals surface area contributed by atoms with Gasteiger partial charge in [0.2, 0.25) is 30.0 Å². The molecule has 0 aliphatic carbocycles. The second-order valence-electron chi connectivity index (χ2n) is 9.15. The van der Waals surface area contributed by atoms with Crippen molar-refractivity contribution >= 4 is 70.5 Å². The van der Waals surface area contributed by atoms with Gasteiger partial charge in [-0.05, 0) is 40.4 Å². The third kappa shape index (κ3) is 5.72. The van der Waals surface area contributed by atoms with Crippen LogP contribution in [0.1, 0.15) is 5.56 Å². The molecule has 1 aliphatic rings. The minimum Gasteiger partial charge on any atom is -0.454 e. The molecular formula is C26H14ClN9O8S2. The van der Waals surface area contributed by atoms with E-state index in [1.165, 1.54) is 24.5 Å². The minimum absolute atomic E-state index is 0.00912. The molecule has 0 amide bonds. The number of aromatic nitrogens is 6. The highest BCUT2D eigenvalue weighted by Crippen LogP contribution is 2.37. The van der Waals surface area contributed by atoms with Crippen LogP contribution in [0, 0.1) is 20.2 Å². The van der Waals surface area contributed by atoms with Crippen LogP contribution in [0.25, 0.3) is 43.6 Å². The first kappa shape index (κ1) is 29.0. The van der Waals surface area contributed by atoms with Gasteiger partial charge in [0, 0.05) is 30.8 Å². The zero-order valence-corrected chi connectivity index (χ0v) is 25.0. The Labute approximate surface area is 267 Å². The zero-order chi connectivity index (χ0) is 31.8. The number of hydrogen-bond donors (Lipinski definition) is 1. The molecule has 0 saturated carbocycles. The maximum absolute atomic E-state index is 11.2. The largest absolute Gasteiger partial charge is 0.454 e. The first-order valence-electron chi connectivity index (χ1n) is 12.8. The predicted molar refractivity (Wildman–Crippen MR) is 164 cm³/mol. The van der Waals surface area contributed by atoms with Gasteiger partial charge >= 0.3 is 10.0 Å². The molecule has 7 heterocycles. The van der Waals surface area contributed by atoms with Crippen molar-refractivity contribution in [3.63, 3.8) is 0 Å². The van der Waals surface area contributed by atoms with Crippen molar-refractivity contribution in [3.8, 4) is 34.7 Å².